The van der Waals surface area contributed by atoms with E-state index in [9.17, 15) is 24.3 Å². The number of likely N-dealkylation sites (N-methyl/N-ethyl adjacent to an activating group) is 1. The number of carbonyl (C=O) groups is 1. The van der Waals surface area contributed by atoms with Crippen molar-refractivity contribution in [1.29, 1.82) is 0 Å². The van der Waals surface area contributed by atoms with Gasteiger partial charge in [0, 0.05) is 48.9 Å². The number of benzene rings is 4. The molecule has 11 nitrogen and oxygen atoms in total. The van der Waals surface area contributed by atoms with Crippen LogP contribution in [0.4, 0.5) is 0 Å². The summed E-state index contributed by atoms with van der Waals surface area (Å²) in [6.45, 7) is 14.5. The molecular formula is C51H75N3O8P+. The van der Waals surface area contributed by atoms with Gasteiger partial charge in [0.05, 0.1) is 20.2 Å². The summed E-state index contributed by atoms with van der Waals surface area (Å²) in [4.78, 5) is 35.8. The topological polar surface area (TPSA) is 138 Å². The first-order valence-corrected chi connectivity index (χ1v) is 24.4. The molecule has 0 saturated heterocycles. The number of aliphatic hydroxyl groups is 1. The van der Waals surface area contributed by atoms with Crippen LogP contribution >= 0.6 is 7.82 Å². The Labute approximate surface area is 377 Å². The average Bonchev–Trinajstić information content (AvgIpc) is 3.22. The fourth-order valence-corrected chi connectivity index (χ4v) is 8.66. The molecule has 12 heteroatoms. The summed E-state index contributed by atoms with van der Waals surface area (Å²) < 4.78 is 29.2. The number of esters is 1. The van der Waals surface area contributed by atoms with Crippen LogP contribution in [0.5, 0.6) is 11.5 Å². The van der Waals surface area contributed by atoms with Crippen LogP contribution in [0.3, 0.4) is 0 Å². The third kappa shape index (κ3) is 19.0. The molecule has 4 aromatic carbocycles. The number of nitrogens with one attached hydrogen (secondary N) is 1. The second-order valence-electron chi connectivity index (χ2n) is 18.1. The van der Waals surface area contributed by atoms with Crippen LogP contribution < -0.4 is 14.6 Å². The molecule has 2 atom stereocenters. The standard InChI is InChI=1S/C51H74N3O8P/c1-39(2)53(40(3)4)31-29-46(43-23-14-11-15-24-43)47-34-41(5)25-27-50(47)61-51(56)38-54(6,7)37-45-35-44(26-28-49(45)62-63(57,58)59)48(55)36-52-30-17-8-9-18-32-60-33-19-16-22-42-20-12-10-13-21-42/h10-15,20-21,23-28,34-35,39-40,46,48,52,55H,8-9,16-19,22,29-33,36-38H2,1-7H3,(H-,57,58,59)/p+1/t46-,48?/m1/s1. The van der Waals surface area contributed by atoms with E-state index in [0.29, 0.717) is 35.5 Å². The van der Waals surface area contributed by atoms with Crippen molar-refractivity contribution in [2.24, 2.45) is 0 Å². The molecule has 1 unspecified atom stereocenters. The van der Waals surface area contributed by atoms with Crippen LogP contribution in [-0.2, 0) is 27.1 Å². The molecule has 0 spiro atoms. The van der Waals surface area contributed by atoms with Crippen molar-refractivity contribution in [1.82, 2.24) is 10.2 Å². The van der Waals surface area contributed by atoms with Crippen LogP contribution in [0.25, 0.3) is 0 Å². The maximum Gasteiger partial charge on any atom is 0.524 e. The van der Waals surface area contributed by atoms with Gasteiger partial charge in [-0.3, -0.25) is 14.7 Å². The van der Waals surface area contributed by atoms with Crippen LogP contribution in [0.2, 0.25) is 0 Å². The number of rotatable bonds is 29. The van der Waals surface area contributed by atoms with E-state index in [2.05, 4.69) is 80.4 Å². The van der Waals surface area contributed by atoms with Gasteiger partial charge in [-0.25, -0.2) is 9.36 Å². The monoisotopic (exact) mass is 889 g/mol. The van der Waals surface area contributed by atoms with Gasteiger partial charge in [-0.2, -0.15) is 0 Å². The minimum atomic E-state index is -4.90. The van der Waals surface area contributed by atoms with Crippen LogP contribution in [-0.4, -0.2) is 95.8 Å². The van der Waals surface area contributed by atoms with Gasteiger partial charge in [-0.05, 0) is 121 Å². The van der Waals surface area contributed by atoms with E-state index in [0.717, 1.165) is 94.4 Å². The Balaban J connectivity index is 1.32. The van der Waals surface area contributed by atoms with Crippen molar-refractivity contribution < 1.29 is 42.7 Å². The predicted molar refractivity (Wildman–Crippen MR) is 253 cm³/mol. The van der Waals surface area contributed by atoms with E-state index in [1.165, 1.54) is 11.6 Å². The van der Waals surface area contributed by atoms with E-state index >= 15 is 0 Å². The fourth-order valence-electron chi connectivity index (χ4n) is 8.22. The Morgan fingerprint density at radius 2 is 1.41 bits per heavy atom. The van der Waals surface area contributed by atoms with Gasteiger partial charge in [-0.15, -0.1) is 0 Å². The number of carbonyl (C=O) groups excluding carboxylic acids is 1. The Morgan fingerprint density at radius 3 is 2.08 bits per heavy atom. The number of phosphoric acid groups is 1. The number of aryl methyl sites for hydroxylation is 2. The summed E-state index contributed by atoms with van der Waals surface area (Å²) in [7, 11) is -1.20. The van der Waals surface area contributed by atoms with E-state index in [-0.39, 0.29) is 29.2 Å². The van der Waals surface area contributed by atoms with E-state index in [1.807, 2.05) is 57.4 Å². The highest BCUT2D eigenvalue weighted by molar-refractivity contribution is 7.46. The minimum Gasteiger partial charge on any atom is -0.422 e. The Kier molecular flexibility index (Phi) is 21.5. The van der Waals surface area contributed by atoms with E-state index < -0.39 is 19.9 Å². The van der Waals surface area contributed by atoms with Crippen molar-refractivity contribution in [3.63, 3.8) is 0 Å². The van der Waals surface area contributed by atoms with Crippen LogP contribution in [0, 0.1) is 6.92 Å². The summed E-state index contributed by atoms with van der Waals surface area (Å²) in [5.41, 5.74) is 5.56. The van der Waals surface area contributed by atoms with Gasteiger partial charge >= 0.3 is 13.8 Å². The zero-order valence-electron chi connectivity index (χ0n) is 38.9. The zero-order chi connectivity index (χ0) is 45.8. The number of quaternary nitrogens is 1. The Morgan fingerprint density at radius 1 is 0.778 bits per heavy atom. The molecule has 0 aliphatic carbocycles. The van der Waals surface area contributed by atoms with Gasteiger partial charge in [-0.1, -0.05) is 97.3 Å². The third-order valence-electron chi connectivity index (χ3n) is 11.4. The normalized spacial score (nSPS) is 13.2. The van der Waals surface area contributed by atoms with E-state index in [4.69, 9.17) is 14.0 Å². The zero-order valence-corrected chi connectivity index (χ0v) is 39.8. The number of nitrogens with zero attached hydrogens (tertiary/aromatic N) is 2. The van der Waals surface area contributed by atoms with Gasteiger partial charge in [0.25, 0.3) is 0 Å². The molecule has 0 aliphatic heterocycles. The maximum atomic E-state index is 13.8. The van der Waals surface area contributed by atoms with Gasteiger partial charge in [0.15, 0.2) is 6.54 Å². The quantitative estimate of drug-likeness (QED) is 0.0137. The lowest BCUT2D eigenvalue weighted by molar-refractivity contribution is -0.896. The number of ether oxygens (including phenoxy) is 2. The van der Waals surface area contributed by atoms with Gasteiger partial charge < -0.3 is 28.9 Å². The molecule has 4 rings (SSSR count). The molecule has 346 valence electrons. The smallest absolute Gasteiger partial charge is 0.422 e. The first kappa shape index (κ1) is 51.7. The summed E-state index contributed by atoms with van der Waals surface area (Å²) >= 11 is 0. The maximum absolute atomic E-state index is 13.8. The minimum absolute atomic E-state index is 0.00802. The number of unbranched alkanes of at least 4 members (excludes halogenated alkanes) is 4. The highest BCUT2D eigenvalue weighted by Gasteiger charge is 2.29. The average molecular weight is 889 g/mol. The number of hydrogen-bond donors (Lipinski definition) is 4. The molecule has 0 heterocycles. The molecule has 4 N–H and O–H groups in total. The van der Waals surface area contributed by atoms with Crippen molar-refractivity contribution in [3.05, 3.63) is 130 Å². The predicted octanol–water partition coefficient (Wildman–Crippen LogP) is 9.51. The lowest BCUT2D eigenvalue weighted by Gasteiger charge is -2.32. The Bertz CT molecular complexity index is 1980. The van der Waals surface area contributed by atoms with Crippen LogP contribution in [0.15, 0.2) is 97.1 Å². The summed E-state index contributed by atoms with van der Waals surface area (Å²) in [5.74, 6) is 0.0513. The molecule has 0 bridgehead atoms. The first-order chi connectivity index (χ1) is 30.0. The molecule has 0 aliphatic rings. The highest BCUT2D eigenvalue weighted by atomic mass is 31.2. The first-order valence-electron chi connectivity index (χ1n) is 22.8. The lowest BCUT2D eigenvalue weighted by atomic mass is 9.86. The van der Waals surface area contributed by atoms with Crippen molar-refractivity contribution in [2.75, 3.05) is 53.5 Å². The second kappa shape index (κ2) is 26.2. The molecule has 63 heavy (non-hydrogen) atoms. The van der Waals surface area contributed by atoms with Crippen molar-refractivity contribution in [3.8, 4) is 11.5 Å². The largest absolute Gasteiger partial charge is 0.524 e. The number of phosphoric ester groups is 1. The molecule has 0 aromatic heterocycles. The number of aliphatic hydroxyl groups excluding tert-OH is 1. The molecule has 0 amide bonds. The molecular weight excluding hydrogens is 814 g/mol. The second-order valence-corrected chi connectivity index (χ2v) is 19.2. The summed E-state index contributed by atoms with van der Waals surface area (Å²) in [6.07, 6.45) is 7.39. The van der Waals surface area contributed by atoms with Gasteiger partial charge in [0.1, 0.15) is 18.0 Å². The van der Waals surface area contributed by atoms with Gasteiger partial charge in [0.2, 0.25) is 0 Å². The lowest BCUT2D eigenvalue weighted by Crippen LogP contribution is -2.44. The van der Waals surface area contributed by atoms with E-state index in [1.54, 1.807) is 12.1 Å². The van der Waals surface area contributed by atoms with Crippen LogP contribution in [0.1, 0.15) is 118 Å². The molecule has 0 saturated carbocycles. The Hall–Kier alpha value is -3.90. The molecule has 0 fully saturated rings. The van der Waals surface area contributed by atoms with Crippen molar-refractivity contribution in [2.45, 2.75) is 117 Å². The third-order valence-corrected chi connectivity index (χ3v) is 11.8. The molecule has 0 radical (unpaired) electrons. The highest BCUT2D eigenvalue weighted by Crippen LogP contribution is 2.41. The molecule has 4 aromatic rings. The summed E-state index contributed by atoms with van der Waals surface area (Å²) in [5, 5.41) is 14.5. The fraction of sp³-hybridized carbons (Fsp3) is 0.510. The van der Waals surface area contributed by atoms with Crippen molar-refractivity contribution >= 4 is 13.8 Å². The SMILES string of the molecule is Cc1ccc(OC(=O)C[N+](C)(C)Cc2cc(C(O)CNCCCCCCOCCCCc3ccccc3)ccc2OP(=O)(O)O)c([C@H](CCN(C(C)C)C(C)C)c2ccccc2)c1. The summed E-state index contributed by atoms with van der Waals surface area (Å²) in [6, 6.07) is 32.4. The number of hydrogen-bond acceptors (Lipinski definition) is 8.